The number of carbonyl (C=O) groups is 1. The fraction of sp³-hybridized carbons (Fsp3) is 0.800. The van der Waals surface area contributed by atoms with Crippen LogP contribution in [0.2, 0.25) is 0 Å². The van der Waals surface area contributed by atoms with E-state index in [1.54, 1.807) is 6.92 Å². The number of Topliss-reactive ketones (excluding diaryl/α,β-unsaturated/α-hetero) is 1. The molecule has 0 saturated carbocycles. The van der Waals surface area contributed by atoms with Crippen molar-refractivity contribution in [2.24, 2.45) is 5.41 Å². The van der Waals surface area contributed by atoms with Crippen LogP contribution in [-0.2, 0) is 14.6 Å². The number of hydrogen-bond acceptors (Lipinski definition) is 4. The van der Waals surface area contributed by atoms with Crippen LogP contribution in [0.3, 0.4) is 0 Å². The standard InChI is InChI=1S/C10H17NO3S/c1-4-6-15(13,14)7-5-10(3,8-11)9(2)12/h4-7H2,1-3H3. The summed E-state index contributed by atoms with van der Waals surface area (Å²) >= 11 is 0. The molecule has 0 amide bonds. The van der Waals surface area contributed by atoms with E-state index in [4.69, 9.17) is 5.26 Å². The minimum atomic E-state index is -3.11. The highest BCUT2D eigenvalue weighted by Gasteiger charge is 2.31. The second kappa shape index (κ2) is 5.26. The summed E-state index contributed by atoms with van der Waals surface area (Å²) in [5.41, 5.74) is -1.17. The number of sulfone groups is 1. The number of rotatable bonds is 6. The van der Waals surface area contributed by atoms with Crippen LogP contribution in [0.25, 0.3) is 0 Å². The molecule has 0 spiro atoms. The predicted molar refractivity (Wildman–Crippen MR) is 58.0 cm³/mol. The van der Waals surface area contributed by atoms with Gasteiger partial charge in [-0.05, 0) is 26.7 Å². The Kier molecular flexibility index (Phi) is 4.95. The maximum Gasteiger partial charge on any atom is 0.150 e. The van der Waals surface area contributed by atoms with Gasteiger partial charge < -0.3 is 0 Å². The topological polar surface area (TPSA) is 75.0 Å². The Morgan fingerprint density at radius 3 is 2.27 bits per heavy atom. The molecule has 0 aliphatic rings. The quantitative estimate of drug-likeness (QED) is 0.691. The van der Waals surface area contributed by atoms with Crippen molar-refractivity contribution in [2.75, 3.05) is 11.5 Å². The molecule has 0 aromatic carbocycles. The minimum Gasteiger partial charge on any atom is -0.298 e. The second-order valence-electron chi connectivity index (χ2n) is 3.90. The van der Waals surface area contributed by atoms with Gasteiger partial charge in [-0.25, -0.2) is 8.42 Å². The zero-order valence-electron chi connectivity index (χ0n) is 9.41. The Bertz CT molecular complexity index is 367. The Labute approximate surface area is 91.2 Å². The molecule has 0 heterocycles. The van der Waals surface area contributed by atoms with E-state index in [1.165, 1.54) is 13.8 Å². The predicted octanol–water partition coefficient (Wildman–Crippen LogP) is 1.32. The number of nitrogens with zero attached hydrogens (tertiary/aromatic N) is 1. The first-order chi connectivity index (χ1) is 6.77. The van der Waals surface area contributed by atoms with Gasteiger partial charge in [-0.15, -0.1) is 0 Å². The molecule has 15 heavy (non-hydrogen) atoms. The summed E-state index contributed by atoms with van der Waals surface area (Å²) in [5, 5.41) is 8.82. The molecule has 0 bridgehead atoms. The van der Waals surface area contributed by atoms with E-state index in [-0.39, 0.29) is 23.7 Å². The van der Waals surface area contributed by atoms with Crippen LogP contribution in [0.5, 0.6) is 0 Å². The summed E-state index contributed by atoms with van der Waals surface area (Å²) in [6.07, 6.45) is 0.646. The smallest absolute Gasteiger partial charge is 0.150 e. The number of carbonyl (C=O) groups excluding carboxylic acids is 1. The Morgan fingerprint density at radius 1 is 1.40 bits per heavy atom. The summed E-state index contributed by atoms with van der Waals surface area (Å²) in [7, 11) is -3.11. The number of hydrogen-bond donors (Lipinski definition) is 0. The van der Waals surface area contributed by atoms with E-state index < -0.39 is 15.3 Å². The normalized spacial score (nSPS) is 15.3. The van der Waals surface area contributed by atoms with Crippen molar-refractivity contribution in [3.63, 3.8) is 0 Å². The summed E-state index contributed by atoms with van der Waals surface area (Å²) in [4.78, 5) is 11.2. The van der Waals surface area contributed by atoms with E-state index in [0.29, 0.717) is 6.42 Å². The highest BCUT2D eigenvalue weighted by atomic mass is 32.2. The maximum absolute atomic E-state index is 11.4. The van der Waals surface area contributed by atoms with Crippen molar-refractivity contribution >= 4 is 15.6 Å². The van der Waals surface area contributed by atoms with E-state index in [9.17, 15) is 13.2 Å². The second-order valence-corrected chi connectivity index (χ2v) is 6.21. The lowest BCUT2D eigenvalue weighted by molar-refractivity contribution is -0.123. The molecule has 0 aliphatic heterocycles. The molecule has 1 unspecified atom stereocenters. The molecule has 0 N–H and O–H groups in total. The van der Waals surface area contributed by atoms with Gasteiger partial charge in [0.2, 0.25) is 0 Å². The van der Waals surface area contributed by atoms with Crippen molar-refractivity contribution in [3.8, 4) is 6.07 Å². The van der Waals surface area contributed by atoms with Gasteiger partial charge in [-0.1, -0.05) is 6.92 Å². The SMILES string of the molecule is CCCS(=O)(=O)CCC(C)(C#N)C(C)=O. The lowest BCUT2D eigenvalue weighted by Crippen LogP contribution is -2.27. The van der Waals surface area contributed by atoms with Crippen LogP contribution in [0.4, 0.5) is 0 Å². The Morgan fingerprint density at radius 2 is 1.93 bits per heavy atom. The van der Waals surface area contributed by atoms with E-state index in [0.717, 1.165) is 0 Å². The number of nitriles is 1. The first kappa shape index (κ1) is 14.1. The van der Waals surface area contributed by atoms with Crippen LogP contribution >= 0.6 is 0 Å². The largest absolute Gasteiger partial charge is 0.298 e. The van der Waals surface area contributed by atoms with Crippen LogP contribution in [0.1, 0.15) is 33.6 Å². The van der Waals surface area contributed by atoms with Gasteiger partial charge in [0.25, 0.3) is 0 Å². The van der Waals surface area contributed by atoms with Crippen molar-refractivity contribution in [3.05, 3.63) is 0 Å². The van der Waals surface area contributed by atoms with Crippen LogP contribution in [-0.4, -0.2) is 25.7 Å². The third-order valence-electron chi connectivity index (χ3n) is 2.45. The molecule has 1 atom stereocenters. The van der Waals surface area contributed by atoms with Gasteiger partial charge >= 0.3 is 0 Å². The first-order valence-corrected chi connectivity index (χ1v) is 6.72. The molecule has 0 radical (unpaired) electrons. The fourth-order valence-corrected chi connectivity index (χ4v) is 2.63. The lowest BCUT2D eigenvalue weighted by atomic mass is 9.85. The molecular formula is C10H17NO3S. The molecular weight excluding hydrogens is 214 g/mol. The molecule has 0 fully saturated rings. The van der Waals surface area contributed by atoms with E-state index >= 15 is 0 Å². The maximum atomic E-state index is 11.4. The highest BCUT2D eigenvalue weighted by molar-refractivity contribution is 7.91. The van der Waals surface area contributed by atoms with Gasteiger partial charge in [-0.2, -0.15) is 5.26 Å². The molecule has 4 nitrogen and oxygen atoms in total. The van der Waals surface area contributed by atoms with Gasteiger partial charge in [0.1, 0.15) is 21.0 Å². The molecule has 0 aliphatic carbocycles. The minimum absolute atomic E-state index is 0.0845. The number of ketones is 1. The van der Waals surface area contributed by atoms with E-state index in [2.05, 4.69) is 0 Å². The Balaban J connectivity index is 4.52. The summed E-state index contributed by atoms with van der Waals surface area (Å²) in [5.74, 6) is -0.256. The van der Waals surface area contributed by atoms with Gasteiger partial charge in [-0.3, -0.25) is 4.79 Å². The molecule has 86 valence electrons. The molecule has 5 heteroatoms. The lowest BCUT2D eigenvalue weighted by Gasteiger charge is -2.17. The van der Waals surface area contributed by atoms with Crippen molar-refractivity contribution in [1.82, 2.24) is 0 Å². The molecule has 0 rings (SSSR count). The van der Waals surface area contributed by atoms with Crippen molar-refractivity contribution < 1.29 is 13.2 Å². The van der Waals surface area contributed by atoms with Crippen molar-refractivity contribution in [1.29, 1.82) is 5.26 Å². The van der Waals surface area contributed by atoms with Gasteiger partial charge in [0, 0.05) is 5.75 Å². The highest BCUT2D eigenvalue weighted by Crippen LogP contribution is 2.22. The summed E-state index contributed by atoms with van der Waals surface area (Å²) in [6, 6.07) is 1.88. The zero-order valence-corrected chi connectivity index (χ0v) is 10.2. The summed E-state index contributed by atoms with van der Waals surface area (Å²) in [6.45, 7) is 4.58. The van der Waals surface area contributed by atoms with Gasteiger partial charge in [0.15, 0.2) is 0 Å². The zero-order chi connectivity index (χ0) is 12.1. The third-order valence-corrected chi connectivity index (χ3v) is 4.31. The first-order valence-electron chi connectivity index (χ1n) is 4.90. The third kappa shape index (κ3) is 4.43. The Hall–Kier alpha value is -0.890. The average molecular weight is 231 g/mol. The van der Waals surface area contributed by atoms with Gasteiger partial charge in [0.05, 0.1) is 11.8 Å². The van der Waals surface area contributed by atoms with E-state index in [1.807, 2.05) is 6.07 Å². The summed E-state index contributed by atoms with van der Waals surface area (Å²) < 4.78 is 22.8. The molecule has 0 aromatic rings. The fourth-order valence-electron chi connectivity index (χ4n) is 1.08. The van der Waals surface area contributed by atoms with Crippen LogP contribution in [0, 0.1) is 16.7 Å². The van der Waals surface area contributed by atoms with Crippen LogP contribution < -0.4 is 0 Å². The monoisotopic (exact) mass is 231 g/mol. The van der Waals surface area contributed by atoms with Crippen LogP contribution in [0.15, 0.2) is 0 Å². The molecule has 0 aromatic heterocycles. The average Bonchev–Trinajstić information content (AvgIpc) is 2.14. The van der Waals surface area contributed by atoms with Crippen molar-refractivity contribution in [2.45, 2.75) is 33.6 Å². The molecule has 0 saturated heterocycles.